The van der Waals surface area contributed by atoms with Crippen molar-refractivity contribution in [3.8, 4) is 17.2 Å². The molecule has 0 bridgehead atoms. The van der Waals surface area contributed by atoms with Crippen LogP contribution in [0.3, 0.4) is 0 Å². The zero-order chi connectivity index (χ0) is 26.2. The maximum atomic E-state index is 13.2. The summed E-state index contributed by atoms with van der Waals surface area (Å²) in [6.45, 7) is 6.37. The molecule has 1 amide bonds. The van der Waals surface area contributed by atoms with E-state index in [1.165, 1.54) is 11.8 Å². The van der Waals surface area contributed by atoms with Crippen LogP contribution in [0.15, 0.2) is 48.0 Å². The van der Waals surface area contributed by atoms with Crippen molar-refractivity contribution in [2.45, 2.75) is 33.2 Å². The molecule has 0 aliphatic carbocycles. The number of carbonyl (C=O) groups excluding carboxylic acids is 3. The van der Waals surface area contributed by atoms with Gasteiger partial charge in [-0.1, -0.05) is 12.1 Å². The molecule has 36 heavy (non-hydrogen) atoms. The summed E-state index contributed by atoms with van der Waals surface area (Å²) >= 11 is 0. The van der Waals surface area contributed by atoms with E-state index in [0.29, 0.717) is 49.1 Å². The highest BCUT2D eigenvalue weighted by Crippen LogP contribution is 2.42. The normalized spacial score (nSPS) is 16.8. The van der Waals surface area contributed by atoms with Crippen LogP contribution in [0.2, 0.25) is 0 Å². The van der Waals surface area contributed by atoms with Crippen LogP contribution in [0.4, 0.5) is 0 Å². The van der Waals surface area contributed by atoms with E-state index >= 15 is 0 Å². The van der Waals surface area contributed by atoms with Gasteiger partial charge in [-0.25, -0.2) is 0 Å². The third-order valence-electron chi connectivity index (χ3n) is 5.56. The first kappa shape index (κ1) is 26.7. The fourth-order valence-corrected chi connectivity index (χ4v) is 4.10. The number of Topliss-reactive ketones (excluding diaryl/α,β-unsaturated/α-hetero) is 1. The van der Waals surface area contributed by atoms with E-state index in [9.17, 15) is 19.5 Å². The van der Waals surface area contributed by atoms with Gasteiger partial charge in [0.1, 0.15) is 23.0 Å². The lowest BCUT2D eigenvalue weighted by Gasteiger charge is -2.25. The number of benzene rings is 2. The van der Waals surface area contributed by atoms with Gasteiger partial charge in [0.2, 0.25) is 0 Å². The van der Waals surface area contributed by atoms with Crippen molar-refractivity contribution in [1.82, 2.24) is 4.90 Å². The van der Waals surface area contributed by atoms with Crippen LogP contribution in [-0.4, -0.2) is 61.1 Å². The van der Waals surface area contributed by atoms with Gasteiger partial charge in [0, 0.05) is 33.3 Å². The van der Waals surface area contributed by atoms with E-state index in [2.05, 4.69) is 0 Å². The van der Waals surface area contributed by atoms with E-state index in [1.54, 1.807) is 56.5 Å². The molecule has 3 rings (SSSR count). The lowest BCUT2D eigenvalue weighted by Crippen LogP contribution is -2.31. The SMILES string of the molecule is CCOc1ccc(/C(O)=C2/C(=O)C(=O)N(CCCOC)C2c2ccc(OC(C)=O)cc2)c(OCC)c1. The molecule has 1 N–H and O–H groups in total. The molecule has 1 atom stereocenters. The van der Waals surface area contributed by atoms with Gasteiger partial charge in [0.05, 0.1) is 30.4 Å². The Morgan fingerprint density at radius 2 is 1.67 bits per heavy atom. The number of aliphatic hydroxyl groups excluding tert-OH is 1. The number of methoxy groups -OCH3 is 1. The van der Waals surface area contributed by atoms with Crippen molar-refractivity contribution in [1.29, 1.82) is 0 Å². The number of nitrogens with zero attached hydrogens (tertiary/aromatic N) is 1. The first-order valence-electron chi connectivity index (χ1n) is 11.8. The number of ether oxygens (including phenoxy) is 4. The summed E-state index contributed by atoms with van der Waals surface area (Å²) in [5.74, 6) is -1.12. The molecule has 192 valence electrons. The smallest absolute Gasteiger partial charge is 0.308 e. The molecule has 9 nitrogen and oxygen atoms in total. The second-order valence-corrected chi connectivity index (χ2v) is 8.03. The molecule has 2 aromatic carbocycles. The number of esters is 1. The standard InChI is InChI=1S/C27H31NO8/c1-5-34-20-12-13-21(22(16-20)35-6-2)25(30)23-24(18-8-10-19(11-9-18)36-17(3)29)28(14-7-15-33-4)27(32)26(23)31/h8-13,16,24,30H,5-7,14-15H2,1-4H3/b25-23-. The number of rotatable bonds is 11. The fourth-order valence-electron chi connectivity index (χ4n) is 4.10. The van der Waals surface area contributed by atoms with Gasteiger partial charge in [0.25, 0.3) is 11.7 Å². The van der Waals surface area contributed by atoms with Crippen molar-refractivity contribution in [3.05, 3.63) is 59.2 Å². The van der Waals surface area contributed by atoms with Crippen LogP contribution in [0.1, 0.15) is 44.4 Å². The zero-order valence-corrected chi connectivity index (χ0v) is 20.9. The molecular formula is C27H31NO8. The third kappa shape index (κ3) is 5.85. The predicted octanol–water partition coefficient (Wildman–Crippen LogP) is 3.87. The highest BCUT2D eigenvalue weighted by molar-refractivity contribution is 6.46. The summed E-state index contributed by atoms with van der Waals surface area (Å²) in [6.07, 6.45) is 0.499. The second-order valence-electron chi connectivity index (χ2n) is 8.03. The highest BCUT2D eigenvalue weighted by atomic mass is 16.5. The molecule has 1 heterocycles. The minimum Gasteiger partial charge on any atom is -0.507 e. The monoisotopic (exact) mass is 497 g/mol. The summed E-state index contributed by atoms with van der Waals surface area (Å²) in [5.41, 5.74) is 0.799. The molecule has 1 saturated heterocycles. The fraction of sp³-hybridized carbons (Fsp3) is 0.370. The first-order valence-corrected chi connectivity index (χ1v) is 11.8. The van der Waals surface area contributed by atoms with E-state index in [1.807, 2.05) is 6.92 Å². The number of carbonyl (C=O) groups is 3. The van der Waals surface area contributed by atoms with Crippen LogP contribution in [0.5, 0.6) is 17.2 Å². The van der Waals surface area contributed by atoms with E-state index in [0.717, 1.165) is 0 Å². The number of likely N-dealkylation sites (tertiary alicyclic amines) is 1. The lowest BCUT2D eigenvalue weighted by molar-refractivity contribution is -0.140. The average molecular weight is 498 g/mol. The molecule has 0 saturated carbocycles. The summed E-state index contributed by atoms with van der Waals surface area (Å²) in [7, 11) is 1.56. The Bertz CT molecular complexity index is 1140. The summed E-state index contributed by atoms with van der Waals surface area (Å²) in [4.78, 5) is 39.0. The van der Waals surface area contributed by atoms with E-state index < -0.39 is 23.7 Å². The first-order chi connectivity index (χ1) is 17.3. The van der Waals surface area contributed by atoms with Crippen LogP contribution in [-0.2, 0) is 19.1 Å². The summed E-state index contributed by atoms with van der Waals surface area (Å²) in [6, 6.07) is 10.5. The Hall–Kier alpha value is -3.85. The zero-order valence-electron chi connectivity index (χ0n) is 20.9. The molecule has 1 aliphatic rings. The Labute approximate surface area is 210 Å². The van der Waals surface area contributed by atoms with Crippen LogP contribution in [0.25, 0.3) is 5.76 Å². The van der Waals surface area contributed by atoms with Crippen LogP contribution < -0.4 is 14.2 Å². The van der Waals surface area contributed by atoms with Crippen molar-refractivity contribution in [2.75, 3.05) is 33.5 Å². The topological polar surface area (TPSA) is 112 Å². The molecule has 2 aromatic rings. The maximum Gasteiger partial charge on any atom is 0.308 e. The van der Waals surface area contributed by atoms with Crippen LogP contribution >= 0.6 is 0 Å². The number of amides is 1. The van der Waals surface area contributed by atoms with Gasteiger partial charge in [-0.15, -0.1) is 0 Å². The summed E-state index contributed by atoms with van der Waals surface area (Å²) in [5, 5.41) is 11.4. The molecule has 9 heteroatoms. The maximum absolute atomic E-state index is 13.2. The molecule has 0 spiro atoms. The van der Waals surface area contributed by atoms with Gasteiger partial charge in [-0.05, 0) is 50.1 Å². The van der Waals surface area contributed by atoms with Gasteiger partial charge >= 0.3 is 5.97 Å². The molecule has 1 fully saturated rings. The number of aliphatic hydroxyl groups is 1. The predicted molar refractivity (Wildman–Crippen MR) is 132 cm³/mol. The minimum atomic E-state index is -0.853. The number of ketones is 1. The van der Waals surface area contributed by atoms with E-state index in [4.69, 9.17) is 18.9 Å². The Balaban J connectivity index is 2.13. The molecule has 1 unspecified atom stereocenters. The van der Waals surface area contributed by atoms with Crippen molar-refractivity contribution >= 4 is 23.4 Å². The van der Waals surface area contributed by atoms with Crippen molar-refractivity contribution < 1.29 is 38.4 Å². The number of hydrogen-bond acceptors (Lipinski definition) is 8. The van der Waals surface area contributed by atoms with E-state index in [-0.39, 0.29) is 23.4 Å². The largest absolute Gasteiger partial charge is 0.507 e. The minimum absolute atomic E-state index is 0.0530. The van der Waals surface area contributed by atoms with Crippen LogP contribution in [0, 0.1) is 0 Å². The Kier molecular flexibility index (Phi) is 9.08. The average Bonchev–Trinajstić information content (AvgIpc) is 3.09. The summed E-state index contributed by atoms with van der Waals surface area (Å²) < 4.78 is 21.5. The Morgan fingerprint density at radius 1 is 1.00 bits per heavy atom. The third-order valence-corrected chi connectivity index (χ3v) is 5.56. The highest BCUT2D eigenvalue weighted by Gasteiger charge is 2.46. The van der Waals surface area contributed by atoms with Crippen molar-refractivity contribution in [2.24, 2.45) is 0 Å². The lowest BCUT2D eigenvalue weighted by atomic mass is 9.94. The van der Waals surface area contributed by atoms with Crippen molar-refractivity contribution in [3.63, 3.8) is 0 Å². The molecule has 1 aliphatic heterocycles. The second kappa shape index (κ2) is 12.2. The van der Waals surface area contributed by atoms with Gasteiger partial charge < -0.3 is 29.0 Å². The molecule has 0 radical (unpaired) electrons. The van der Waals surface area contributed by atoms with Gasteiger partial charge in [-0.2, -0.15) is 0 Å². The molecular weight excluding hydrogens is 466 g/mol. The quantitative estimate of drug-likeness (QED) is 0.124. The number of hydrogen-bond donors (Lipinski definition) is 1. The van der Waals surface area contributed by atoms with Gasteiger partial charge in [0.15, 0.2) is 0 Å². The molecule has 0 aromatic heterocycles. The Morgan fingerprint density at radius 3 is 2.28 bits per heavy atom. The van der Waals surface area contributed by atoms with Gasteiger partial charge in [-0.3, -0.25) is 14.4 Å².